The fourth-order valence-electron chi connectivity index (χ4n) is 4.85. The van der Waals surface area contributed by atoms with Gasteiger partial charge < -0.3 is 42.0 Å². The first-order valence-electron chi connectivity index (χ1n) is 15.5. The van der Waals surface area contributed by atoms with Crippen LogP contribution in [0.2, 0.25) is 5.02 Å². The number of nitrogens with zero attached hydrogens (tertiary/aromatic N) is 8. The van der Waals surface area contributed by atoms with Gasteiger partial charge in [-0.1, -0.05) is 22.0 Å². The Morgan fingerprint density at radius 3 is 2.52 bits per heavy atom. The fraction of sp³-hybridized carbons (Fsp3) is 0.323. The van der Waals surface area contributed by atoms with Crippen LogP contribution in [0.4, 0.5) is 10.8 Å². The first-order chi connectivity index (χ1) is 25.7. The number of hydrogen-bond donors (Lipinski definition) is 6. The van der Waals surface area contributed by atoms with Gasteiger partial charge in [-0.3, -0.25) is 24.3 Å². The Morgan fingerprint density at radius 2 is 1.94 bits per heavy atom. The summed E-state index contributed by atoms with van der Waals surface area (Å²) in [5, 5.41) is 34.3. The van der Waals surface area contributed by atoms with Crippen molar-refractivity contribution in [1.82, 2.24) is 19.6 Å². The number of aliphatic imine (C=N–C) groups is 1. The lowest BCUT2D eigenvalue weighted by Crippen LogP contribution is -2.71. The van der Waals surface area contributed by atoms with Crippen molar-refractivity contribution in [3.63, 3.8) is 0 Å². The van der Waals surface area contributed by atoms with E-state index in [-0.39, 0.29) is 38.8 Å². The number of nitrogens with two attached hydrogens (primary N) is 2. The summed E-state index contributed by atoms with van der Waals surface area (Å²) in [5.41, 5.74) is 6.24. The number of thioether (sulfide) groups is 1. The van der Waals surface area contributed by atoms with Crippen molar-refractivity contribution in [2.45, 2.75) is 37.4 Å². The maximum absolute atomic E-state index is 13.6. The minimum atomic E-state index is -1.53. The highest BCUT2D eigenvalue weighted by Gasteiger charge is 2.54. The lowest BCUT2D eigenvalue weighted by Gasteiger charge is -2.49. The summed E-state index contributed by atoms with van der Waals surface area (Å²) in [4.78, 5) is 64.3. The molecule has 8 N–H and O–H groups in total. The number of halogens is 1. The molecular formula is C31H36ClN12O8S2+. The number of β-lactam (4-membered cyclic amide) rings is 1. The predicted molar refractivity (Wildman–Crippen MR) is 199 cm³/mol. The highest BCUT2D eigenvalue weighted by atomic mass is 35.5. The molecule has 4 heterocycles. The van der Waals surface area contributed by atoms with Crippen LogP contribution in [0, 0.1) is 0 Å². The molecule has 2 aliphatic heterocycles. The number of oxime groups is 1. The number of aromatic nitrogens is 3. The summed E-state index contributed by atoms with van der Waals surface area (Å²) in [6.45, 7) is 3.27. The molecule has 0 radical (unpaired) electrons. The second-order valence-corrected chi connectivity index (χ2v) is 13.8. The van der Waals surface area contributed by atoms with Crippen LogP contribution in [0.15, 0.2) is 68.4 Å². The van der Waals surface area contributed by atoms with Crippen LogP contribution in [0.3, 0.4) is 0 Å². The third kappa shape index (κ3) is 9.01. The van der Waals surface area contributed by atoms with Crippen LogP contribution in [-0.2, 0) is 30.5 Å². The summed E-state index contributed by atoms with van der Waals surface area (Å²) >= 11 is 7.75. The fourth-order valence-corrected chi connectivity index (χ4v) is 6.82. The lowest BCUT2D eigenvalue weighted by molar-refractivity contribution is -0.688. The number of aldehydes is 1. The van der Waals surface area contributed by atoms with Crippen molar-refractivity contribution in [2.75, 3.05) is 38.0 Å². The van der Waals surface area contributed by atoms with E-state index >= 15 is 0 Å². The van der Waals surface area contributed by atoms with Crippen LogP contribution in [0.5, 0.6) is 11.5 Å². The van der Waals surface area contributed by atoms with Gasteiger partial charge in [0.25, 0.3) is 11.8 Å². The number of pyridine rings is 1. The van der Waals surface area contributed by atoms with Gasteiger partial charge in [0, 0.05) is 60.3 Å². The first kappa shape index (κ1) is 40.9. The Balaban J connectivity index is 0.000000506. The van der Waals surface area contributed by atoms with Gasteiger partial charge in [0.15, 0.2) is 47.7 Å². The predicted octanol–water partition coefficient (Wildman–Crippen LogP) is 1.39. The van der Waals surface area contributed by atoms with E-state index in [0.29, 0.717) is 24.3 Å². The van der Waals surface area contributed by atoms with Crippen LogP contribution in [0.25, 0.3) is 0 Å². The van der Waals surface area contributed by atoms with E-state index in [2.05, 4.69) is 40.5 Å². The molecule has 286 valence electrons. The Bertz CT molecular complexity index is 2040. The number of phenolic OH excluding ortho intramolecular Hbond substituents is 2. The van der Waals surface area contributed by atoms with Gasteiger partial charge >= 0.3 is 5.97 Å². The Hall–Kier alpha value is -5.87. The second-order valence-electron chi connectivity index (χ2n) is 11.5. The number of ether oxygens (including phenoxy) is 1. The minimum Gasteiger partial charge on any atom is -0.504 e. The van der Waals surface area contributed by atoms with Crippen molar-refractivity contribution >= 4 is 81.3 Å². The monoisotopic (exact) mass is 803 g/mol. The SMILES string of the molecule is CN=C(N=NN)C1=C(C[n+]2ccc(NC)cc2)CS[C@@H]2[C@H](NC(=O)/C(=N\OC(C)(C)C(=O)OC)c3nsc(N)n3)C(=O)N12.O=Cc1ccc(O)c(O)c1Cl. The van der Waals surface area contributed by atoms with E-state index < -0.39 is 40.5 Å². The number of nitrogen functional groups attached to an aromatic ring is 1. The number of hydrogen-bond acceptors (Lipinski definition) is 17. The average molecular weight is 804 g/mol. The minimum absolute atomic E-state index is 0.0812. The molecule has 0 bridgehead atoms. The van der Waals surface area contributed by atoms with Crippen molar-refractivity contribution in [3.05, 3.63) is 64.3 Å². The summed E-state index contributed by atoms with van der Waals surface area (Å²) in [6.07, 6.45) is 4.32. The number of benzene rings is 1. The van der Waals surface area contributed by atoms with Gasteiger partial charge in [0.2, 0.25) is 17.1 Å². The molecule has 20 nitrogen and oxygen atoms in total. The molecule has 0 aliphatic carbocycles. The van der Waals surface area contributed by atoms with Gasteiger partial charge in [0.05, 0.1) is 17.8 Å². The number of nitrogens with one attached hydrogen (secondary N) is 2. The molecule has 2 aromatic heterocycles. The molecule has 5 rings (SSSR count). The van der Waals surface area contributed by atoms with Crippen LogP contribution >= 0.6 is 34.9 Å². The lowest BCUT2D eigenvalue weighted by atomic mass is 10.0. The largest absolute Gasteiger partial charge is 0.504 e. The highest BCUT2D eigenvalue weighted by Crippen LogP contribution is 2.41. The molecule has 54 heavy (non-hydrogen) atoms. The second kappa shape index (κ2) is 17.8. The first-order valence-corrected chi connectivity index (χ1v) is 17.7. The van der Waals surface area contributed by atoms with Crippen molar-refractivity contribution < 1.29 is 43.5 Å². The molecule has 0 spiro atoms. The van der Waals surface area contributed by atoms with Gasteiger partial charge in [-0.2, -0.15) is 9.36 Å². The number of fused-ring (bicyclic) bond motifs is 1. The number of carbonyl (C=O) groups excluding carboxylic acids is 4. The van der Waals surface area contributed by atoms with E-state index in [1.165, 1.54) is 56.8 Å². The number of methoxy groups -OCH3 is 1. The number of esters is 1. The van der Waals surface area contributed by atoms with Crippen LogP contribution < -0.4 is 26.8 Å². The third-order valence-corrected chi connectivity index (χ3v) is 9.91. The number of amidine groups is 1. The maximum Gasteiger partial charge on any atom is 0.352 e. The number of aromatic hydroxyl groups is 2. The highest BCUT2D eigenvalue weighted by molar-refractivity contribution is 8.00. The molecule has 0 unspecified atom stereocenters. The number of amides is 2. The quantitative estimate of drug-likeness (QED) is 0.0153. The number of anilines is 2. The van der Waals surface area contributed by atoms with Crippen LogP contribution in [0.1, 0.15) is 30.0 Å². The maximum atomic E-state index is 13.6. The standard InChI is InChI=1S/C24H30N12O5S2.C7H5ClO3/c1-24(2,22(39)40-5)41-32-14(17-30-23(25)43-33-17)19(37)29-15-20(38)36-16(18(28-4)31-34-26)12(11-42-21(15)36)10-35-8-6-13(27-3)7-9-35;8-6-4(3-9)1-2-5(10)7(6)11/h6-9,15,21H,10-11H2,1-5H3,(H5,25,26,28,29,30,31,33,37);1-3,10-11H/p+1/b32-14-;/t15-,21-;/m1./s1. The van der Waals surface area contributed by atoms with Crippen LogP contribution in [-0.4, -0.2) is 104 Å². The number of rotatable bonds is 11. The molecule has 2 atom stereocenters. The van der Waals surface area contributed by atoms with E-state index in [4.69, 9.17) is 43.0 Å². The topological polar surface area (TPSA) is 286 Å². The molecule has 2 amide bonds. The smallest absolute Gasteiger partial charge is 0.352 e. The molecule has 1 saturated heterocycles. The van der Waals surface area contributed by atoms with Crippen molar-refractivity contribution in [1.29, 1.82) is 0 Å². The Kier molecular flexibility index (Phi) is 13.5. The Morgan fingerprint density at radius 1 is 1.24 bits per heavy atom. The zero-order chi connectivity index (χ0) is 39.7. The third-order valence-electron chi connectivity index (χ3n) is 7.63. The Labute approximate surface area is 321 Å². The molecule has 0 saturated carbocycles. The van der Waals surface area contributed by atoms with E-state index in [9.17, 15) is 19.2 Å². The summed E-state index contributed by atoms with van der Waals surface area (Å²) < 4.78 is 10.7. The van der Waals surface area contributed by atoms with Gasteiger partial charge in [-0.05, 0) is 26.0 Å². The van der Waals surface area contributed by atoms with E-state index in [1.54, 1.807) is 0 Å². The van der Waals surface area contributed by atoms with Gasteiger partial charge in [-0.15, -0.1) is 16.9 Å². The molecule has 1 aromatic carbocycles. The zero-order valence-corrected chi connectivity index (χ0v) is 31.8. The number of phenols is 2. The molecule has 3 aromatic rings. The summed E-state index contributed by atoms with van der Waals surface area (Å²) in [6, 6.07) is 5.43. The molecule has 2 aliphatic rings. The van der Waals surface area contributed by atoms with E-state index in [1.807, 2.05) is 36.1 Å². The molecular weight excluding hydrogens is 768 g/mol. The van der Waals surface area contributed by atoms with E-state index in [0.717, 1.165) is 22.8 Å². The van der Waals surface area contributed by atoms with Gasteiger partial charge in [-0.25, -0.2) is 9.36 Å². The zero-order valence-electron chi connectivity index (χ0n) is 29.4. The molecule has 1 fully saturated rings. The summed E-state index contributed by atoms with van der Waals surface area (Å²) in [7, 11) is 4.55. The number of carbonyl (C=O) groups is 4. The van der Waals surface area contributed by atoms with Crippen molar-refractivity contribution in [3.8, 4) is 11.5 Å². The summed E-state index contributed by atoms with van der Waals surface area (Å²) in [5.74, 6) is 3.15. The molecule has 23 heteroatoms. The normalized spacial score (nSPS) is 17.2. The average Bonchev–Trinajstić information content (AvgIpc) is 3.60. The van der Waals surface area contributed by atoms with Crippen molar-refractivity contribution in [2.24, 2.45) is 26.3 Å². The van der Waals surface area contributed by atoms with Gasteiger partial charge in [0.1, 0.15) is 11.4 Å².